The molecule has 1 atom stereocenters. The van der Waals surface area contributed by atoms with Crippen LogP contribution in [-0.2, 0) is 0 Å². The van der Waals surface area contributed by atoms with E-state index in [9.17, 15) is 4.39 Å². The van der Waals surface area contributed by atoms with Crippen LogP contribution in [-0.4, -0.2) is 22.0 Å². The van der Waals surface area contributed by atoms with Crippen LogP contribution in [0.5, 0.6) is 0 Å². The predicted molar refractivity (Wildman–Crippen MR) is 70.6 cm³/mol. The monoisotopic (exact) mass is 312 g/mol. The number of halogens is 2. The minimum Gasteiger partial charge on any atom is -0.305 e. The molecule has 96 valence electrons. The summed E-state index contributed by atoms with van der Waals surface area (Å²) in [7, 11) is 0. The van der Waals surface area contributed by atoms with Gasteiger partial charge in [-0.2, -0.15) is 15.4 Å². The minimum absolute atomic E-state index is 0.255. The van der Waals surface area contributed by atoms with E-state index in [0.29, 0.717) is 11.3 Å². The Kier molecular flexibility index (Phi) is 4.43. The van der Waals surface area contributed by atoms with Crippen molar-refractivity contribution in [2.24, 2.45) is 0 Å². The second-order valence-electron chi connectivity index (χ2n) is 3.95. The molecule has 4 nitrogen and oxygen atoms in total. The van der Waals surface area contributed by atoms with Crippen LogP contribution >= 0.6 is 15.9 Å². The quantitative estimate of drug-likeness (QED) is 0.892. The number of nitrogens with one attached hydrogen (secondary N) is 2. The van der Waals surface area contributed by atoms with Gasteiger partial charge >= 0.3 is 0 Å². The largest absolute Gasteiger partial charge is 0.305 e. The molecule has 0 aliphatic heterocycles. The summed E-state index contributed by atoms with van der Waals surface area (Å²) in [5, 5.41) is 13.6. The van der Waals surface area contributed by atoms with Gasteiger partial charge in [0.2, 0.25) is 0 Å². The first kappa shape index (κ1) is 13.2. The maximum Gasteiger partial charge on any atom is 0.128 e. The average Bonchev–Trinajstić information content (AvgIpc) is 2.88. The van der Waals surface area contributed by atoms with E-state index in [4.69, 9.17) is 0 Å². The van der Waals surface area contributed by atoms with Gasteiger partial charge in [0.1, 0.15) is 11.5 Å². The minimum atomic E-state index is -0.291. The molecule has 0 fully saturated rings. The summed E-state index contributed by atoms with van der Waals surface area (Å²) in [4.78, 5) is 0. The molecule has 0 aliphatic rings. The summed E-state index contributed by atoms with van der Waals surface area (Å²) in [6.07, 6.45) is 2.57. The number of hydrogen-bond acceptors (Lipinski definition) is 3. The molecular formula is C12H14BrFN4. The molecule has 1 aromatic carbocycles. The smallest absolute Gasteiger partial charge is 0.128 e. The molecule has 0 aliphatic carbocycles. The van der Waals surface area contributed by atoms with Gasteiger partial charge in [0.25, 0.3) is 0 Å². The molecule has 0 saturated heterocycles. The van der Waals surface area contributed by atoms with Crippen LogP contribution in [0.1, 0.15) is 30.6 Å². The standard InChI is InChI=1S/C12H14BrFN4/c1-2-5-15-12(11-7-16-18-17-11)9-6-8(13)3-4-10(9)14/h3-4,6-7,12,15H,2,5H2,1H3,(H,16,17,18). The lowest BCUT2D eigenvalue weighted by atomic mass is 10.0. The Bertz CT molecular complexity index is 501. The van der Waals surface area contributed by atoms with E-state index in [0.717, 1.165) is 17.4 Å². The Balaban J connectivity index is 2.36. The van der Waals surface area contributed by atoms with Gasteiger partial charge in [0.05, 0.1) is 12.2 Å². The molecule has 1 heterocycles. The Morgan fingerprint density at radius 3 is 3.00 bits per heavy atom. The molecule has 6 heteroatoms. The van der Waals surface area contributed by atoms with Gasteiger partial charge in [-0.25, -0.2) is 4.39 Å². The lowest BCUT2D eigenvalue weighted by Crippen LogP contribution is -2.24. The molecule has 2 N–H and O–H groups in total. The van der Waals surface area contributed by atoms with Crippen molar-refractivity contribution in [3.63, 3.8) is 0 Å². The van der Waals surface area contributed by atoms with Crippen molar-refractivity contribution in [3.8, 4) is 0 Å². The van der Waals surface area contributed by atoms with Crippen molar-refractivity contribution in [2.75, 3.05) is 6.54 Å². The highest BCUT2D eigenvalue weighted by Crippen LogP contribution is 2.25. The number of aromatic amines is 1. The molecule has 1 aromatic heterocycles. The molecule has 2 rings (SSSR count). The van der Waals surface area contributed by atoms with Crippen molar-refractivity contribution in [1.82, 2.24) is 20.7 Å². The fourth-order valence-electron chi connectivity index (χ4n) is 1.75. The summed E-state index contributed by atoms with van der Waals surface area (Å²) in [5.74, 6) is -0.255. The van der Waals surface area contributed by atoms with E-state index in [1.54, 1.807) is 18.3 Å². The molecule has 0 bridgehead atoms. The van der Waals surface area contributed by atoms with Gasteiger partial charge in [-0.05, 0) is 31.2 Å². The highest BCUT2D eigenvalue weighted by Gasteiger charge is 2.19. The van der Waals surface area contributed by atoms with Crippen LogP contribution in [0.2, 0.25) is 0 Å². The zero-order valence-corrected chi connectivity index (χ0v) is 11.5. The number of hydrogen-bond donors (Lipinski definition) is 2. The SMILES string of the molecule is CCCNC(c1cn[nH]n1)c1cc(Br)ccc1F. The van der Waals surface area contributed by atoms with Crippen molar-refractivity contribution >= 4 is 15.9 Å². The molecule has 0 amide bonds. The predicted octanol–water partition coefficient (Wildman–Crippen LogP) is 2.80. The molecule has 18 heavy (non-hydrogen) atoms. The van der Waals surface area contributed by atoms with Gasteiger partial charge in [-0.15, -0.1) is 0 Å². The molecular weight excluding hydrogens is 299 g/mol. The number of benzene rings is 1. The Labute approximate surface area is 113 Å². The third kappa shape index (κ3) is 2.94. The Morgan fingerprint density at radius 2 is 2.33 bits per heavy atom. The van der Waals surface area contributed by atoms with Crippen LogP contribution in [0.3, 0.4) is 0 Å². The second kappa shape index (κ2) is 6.06. The summed E-state index contributed by atoms with van der Waals surface area (Å²) in [6, 6.07) is 4.59. The highest BCUT2D eigenvalue weighted by atomic mass is 79.9. The Morgan fingerprint density at radius 1 is 1.50 bits per heavy atom. The third-order valence-electron chi connectivity index (χ3n) is 2.60. The fourth-order valence-corrected chi connectivity index (χ4v) is 2.13. The molecule has 1 unspecified atom stereocenters. The van der Waals surface area contributed by atoms with Crippen LogP contribution in [0.25, 0.3) is 0 Å². The van der Waals surface area contributed by atoms with Gasteiger partial charge < -0.3 is 5.32 Å². The normalized spacial score (nSPS) is 12.6. The topological polar surface area (TPSA) is 53.6 Å². The van der Waals surface area contributed by atoms with Crippen molar-refractivity contribution in [3.05, 3.63) is 45.9 Å². The second-order valence-corrected chi connectivity index (χ2v) is 4.86. The van der Waals surface area contributed by atoms with Crippen molar-refractivity contribution < 1.29 is 4.39 Å². The maximum absolute atomic E-state index is 13.9. The summed E-state index contributed by atoms with van der Waals surface area (Å²) >= 11 is 3.36. The zero-order valence-electron chi connectivity index (χ0n) is 9.95. The van der Waals surface area contributed by atoms with Gasteiger partial charge in [0, 0.05) is 10.0 Å². The van der Waals surface area contributed by atoms with Gasteiger partial charge in [-0.1, -0.05) is 22.9 Å². The number of rotatable bonds is 5. The van der Waals surface area contributed by atoms with E-state index in [2.05, 4.69) is 43.6 Å². The number of aromatic nitrogens is 3. The summed E-state index contributed by atoms with van der Waals surface area (Å²) in [5.41, 5.74) is 1.24. The maximum atomic E-state index is 13.9. The average molecular weight is 313 g/mol. The van der Waals surface area contributed by atoms with Crippen molar-refractivity contribution in [2.45, 2.75) is 19.4 Å². The first-order chi connectivity index (χ1) is 8.72. The Hall–Kier alpha value is -1.27. The third-order valence-corrected chi connectivity index (χ3v) is 3.09. The van der Waals surface area contributed by atoms with E-state index in [-0.39, 0.29) is 11.9 Å². The van der Waals surface area contributed by atoms with E-state index >= 15 is 0 Å². The first-order valence-corrected chi connectivity index (χ1v) is 6.55. The van der Waals surface area contributed by atoms with E-state index in [1.165, 1.54) is 6.07 Å². The zero-order chi connectivity index (χ0) is 13.0. The van der Waals surface area contributed by atoms with Crippen LogP contribution in [0, 0.1) is 5.82 Å². The molecule has 2 aromatic rings. The van der Waals surface area contributed by atoms with Crippen LogP contribution in [0.4, 0.5) is 4.39 Å². The van der Waals surface area contributed by atoms with Crippen molar-refractivity contribution in [1.29, 1.82) is 0 Å². The number of nitrogens with zero attached hydrogens (tertiary/aromatic N) is 2. The lowest BCUT2D eigenvalue weighted by molar-refractivity contribution is 0.538. The molecule has 0 spiro atoms. The van der Waals surface area contributed by atoms with Gasteiger partial charge in [0.15, 0.2) is 0 Å². The van der Waals surface area contributed by atoms with E-state index < -0.39 is 0 Å². The highest BCUT2D eigenvalue weighted by molar-refractivity contribution is 9.10. The lowest BCUT2D eigenvalue weighted by Gasteiger charge is -2.17. The molecule has 0 radical (unpaired) electrons. The molecule has 0 saturated carbocycles. The van der Waals surface area contributed by atoms with Gasteiger partial charge in [-0.3, -0.25) is 0 Å². The summed E-state index contributed by atoms with van der Waals surface area (Å²) < 4.78 is 14.8. The van der Waals surface area contributed by atoms with Crippen LogP contribution < -0.4 is 5.32 Å². The van der Waals surface area contributed by atoms with Crippen LogP contribution in [0.15, 0.2) is 28.9 Å². The van der Waals surface area contributed by atoms with E-state index in [1.807, 2.05) is 0 Å². The fraction of sp³-hybridized carbons (Fsp3) is 0.333. The summed E-state index contributed by atoms with van der Waals surface area (Å²) in [6.45, 7) is 2.84. The number of H-pyrrole nitrogens is 1. The first-order valence-electron chi connectivity index (χ1n) is 5.76.